The molecule has 0 N–H and O–H groups in total. The summed E-state index contributed by atoms with van der Waals surface area (Å²) < 4.78 is 27.6. The molecule has 0 amide bonds. The predicted octanol–water partition coefficient (Wildman–Crippen LogP) is 2.13. The van der Waals surface area contributed by atoms with Crippen molar-refractivity contribution in [2.45, 2.75) is 18.7 Å². The third-order valence-electron chi connectivity index (χ3n) is 5.27. The predicted molar refractivity (Wildman–Crippen MR) is 117 cm³/mol. The van der Waals surface area contributed by atoms with Crippen LogP contribution in [0.1, 0.15) is 11.3 Å². The maximum atomic E-state index is 13.7. The molecule has 0 saturated carbocycles. The summed E-state index contributed by atoms with van der Waals surface area (Å²) in [7, 11) is 1.82. The third-order valence-corrected chi connectivity index (χ3v) is 5.27. The van der Waals surface area contributed by atoms with E-state index in [9.17, 15) is 9.18 Å². The van der Waals surface area contributed by atoms with E-state index in [0.717, 1.165) is 16.8 Å². The normalized spacial score (nSPS) is 17.9. The molecule has 0 unspecified atom stereocenters. The average molecular weight is 448 g/mol. The van der Waals surface area contributed by atoms with Gasteiger partial charge in [0.05, 0.1) is 38.0 Å². The highest BCUT2D eigenvalue weighted by atomic mass is 19.1. The molecule has 0 bridgehead atoms. The summed E-state index contributed by atoms with van der Waals surface area (Å²) in [6.07, 6.45) is 6.72. The summed E-state index contributed by atoms with van der Waals surface area (Å²) >= 11 is 0. The molecule has 33 heavy (non-hydrogen) atoms. The maximum absolute atomic E-state index is 13.7. The molecule has 1 saturated heterocycles. The molecule has 1 aliphatic heterocycles. The third kappa shape index (κ3) is 4.65. The van der Waals surface area contributed by atoms with Gasteiger partial charge in [-0.3, -0.25) is 9.48 Å². The van der Waals surface area contributed by atoms with Gasteiger partial charge >= 0.3 is 0 Å². The monoisotopic (exact) mass is 448 g/mol. The second-order valence-corrected chi connectivity index (χ2v) is 7.77. The van der Waals surface area contributed by atoms with E-state index in [-0.39, 0.29) is 18.6 Å². The van der Waals surface area contributed by atoms with Crippen LogP contribution in [0.25, 0.3) is 17.1 Å². The van der Waals surface area contributed by atoms with Crippen LogP contribution in [0, 0.1) is 0 Å². The van der Waals surface area contributed by atoms with Crippen LogP contribution in [0.5, 0.6) is 5.75 Å². The lowest BCUT2D eigenvalue weighted by molar-refractivity contribution is 0.128. The fourth-order valence-electron chi connectivity index (χ4n) is 3.57. The van der Waals surface area contributed by atoms with Gasteiger partial charge in [0.2, 0.25) is 5.43 Å². The van der Waals surface area contributed by atoms with Gasteiger partial charge in [-0.1, -0.05) is 18.2 Å². The number of nitrogens with zero attached hydrogens (tertiary/aromatic N) is 6. The number of ether oxygens (including phenoxy) is 2. The van der Waals surface area contributed by atoms with Crippen LogP contribution >= 0.6 is 0 Å². The summed E-state index contributed by atoms with van der Waals surface area (Å²) in [4.78, 5) is 21.1. The number of alkyl halides is 1. The number of halogens is 1. The van der Waals surface area contributed by atoms with Crippen molar-refractivity contribution < 1.29 is 13.9 Å². The first kappa shape index (κ1) is 21.0. The van der Waals surface area contributed by atoms with Crippen molar-refractivity contribution in [1.82, 2.24) is 29.5 Å². The van der Waals surface area contributed by atoms with E-state index < -0.39 is 12.3 Å². The molecule has 10 heteroatoms. The van der Waals surface area contributed by atoms with Gasteiger partial charge < -0.3 is 9.47 Å². The topological polar surface area (TPSA) is 97.0 Å². The minimum atomic E-state index is -1.16. The molecule has 0 spiro atoms. The lowest BCUT2D eigenvalue weighted by Gasteiger charge is -2.13. The van der Waals surface area contributed by atoms with Crippen LogP contribution in [-0.4, -0.2) is 55.0 Å². The highest BCUT2D eigenvalue weighted by Crippen LogP contribution is 2.21. The van der Waals surface area contributed by atoms with Gasteiger partial charge in [-0.2, -0.15) is 10.2 Å². The van der Waals surface area contributed by atoms with Gasteiger partial charge in [0.25, 0.3) is 0 Å². The minimum absolute atomic E-state index is 0.0416. The molecule has 9 nitrogen and oxygen atoms in total. The van der Waals surface area contributed by atoms with E-state index in [4.69, 9.17) is 9.47 Å². The Labute approximate surface area is 188 Å². The van der Waals surface area contributed by atoms with Crippen molar-refractivity contribution in [3.05, 3.63) is 82.8 Å². The van der Waals surface area contributed by atoms with Crippen molar-refractivity contribution in [1.29, 1.82) is 0 Å². The first-order valence-electron chi connectivity index (χ1n) is 10.4. The second kappa shape index (κ2) is 8.91. The number of hydrogen-bond donors (Lipinski definition) is 0. The van der Waals surface area contributed by atoms with Crippen molar-refractivity contribution in [2.24, 2.45) is 7.05 Å². The van der Waals surface area contributed by atoms with Crippen molar-refractivity contribution >= 4 is 0 Å². The standard InChI is InChI=1S/C23H21FN6O3/c1-29-12-17(9-27-29)30-6-5-21(31)20(28-30)8-15-3-2-4-16(7-15)23-25-10-18(11-26-23)33-22-14-32-13-19(22)24/h2-7,9-12,19,22H,8,13-14H2,1H3/t19-,22+/m0/s1. The van der Waals surface area contributed by atoms with Gasteiger partial charge in [0.1, 0.15) is 11.4 Å². The van der Waals surface area contributed by atoms with E-state index in [2.05, 4.69) is 20.2 Å². The van der Waals surface area contributed by atoms with Gasteiger partial charge in [-0.15, -0.1) is 0 Å². The van der Waals surface area contributed by atoms with E-state index in [0.29, 0.717) is 23.7 Å². The summed E-state index contributed by atoms with van der Waals surface area (Å²) in [5, 5.41) is 8.62. The van der Waals surface area contributed by atoms with Crippen LogP contribution in [0.4, 0.5) is 4.39 Å². The molecule has 1 aliphatic rings. The zero-order valence-electron chi connectivity index (χ0n) is 17.8. The van der Waals surface area contributed by atoms with E-state index in [1.807, 2.05) is 37.5 Å². The number of aromatic nitrogens is 6. The van der Waals surface area contributed by atoms with Crippen molar-refractivity contribution in [2.75, 3.05) is 13.2 Å². The number of aryl methyl sites for hydroxylation is 1. The highest BCUT2D eigenvalue weighted by Gasteiger charge is 2.30. The molecule has 0 aliphatic carbocycles. The molecular formula is C23H21FN6O3. The first-order chi connectivity index (χ1) is 16.0. The smallest absolute Gasteiger partial charge is 0.203 e. The molecule has 1 aromatic carbocycles. The van der Waals surface area contributed by atoms with Gasteiger partial charge in [0, 0.05) is 31.3 Å². The molecule has 168 valence electrons. The molecule has 2 atom stereocenters. The Balaban J connectivity index is 1.34. The zero-order valence-corrected chi connectivity index (χ0v) is 17.8. The molecule has 1 fully saturated rings. The first-order valence-corrected chi connectivity index (χ1v) is 10.4. The molecule has 0 radical (unpaired) electrons. The zero-order chi connectivity index (χ0) is 22.8. The number of benzene rings is 1. The van der Waals surface area contributed by atoms with Gasteiger partial charge in [-0.05, 0) is 11.6 Å². The number of hydrogen-bond acceptors (Lipinski definition) is 7. The second-order valence-electron chi connectivity index (χ2n) is 7.77. The minimum Gasteiger partial charge on any atom is -0.482 e. The van der Waals surface area contributed by atoms with E-state index >= 15 is 0 Å². The Morgan fingerprint density at radius 3 is 2.76 bits per heavy atom. The lowest BCUT2D eigenvalue weighted by Crippen LogP contribution is -2.26. The maximum Gasteiger partial charge on any atom is 0.203 e. The summed E-state index contributed by atoms with van der Waals surface area (Å²) in [5.74, 6) is 0.884. The molecular weight excluding hydrogens is 427 g/mol. The number of rotatable bonds is 6. The van der Waals surface area contributed by atoms with Crippen LogP contribution in [0.3, 0.4) is 0 Å². The summed E-state index contributed by atoms with van der Waals surface area (Å²) in [6, 6.07) is 9.10. The van der Waals surface area contributed by atoms with Gasteiger partial charge in [0.15, 0.2) is 23.8 Å². The summed E-state index contributed by atoms with van der Waals surface area (Å²) in [5.41, 5.74) is 2.73. The van der Waals surface area contributed by atoms with Crippen LogP contribution < -0.4 is 10.2 Å². The van der Waals surface area contributed by atoms with Gasteiger partial charge in [-0.25, -0.2) is 19.0 Å². The Morgan fingerprint density at radius 2 is 2.03 bits per heavy atom. The SMILES string of the molecule is Cn1cc(-n2ccc(=O)c(Cc3cccc(-c4ncc(O[C@@H]5COC[C@@H]5F)cn4)c3)n2)cn1. The Bertz CT molecular complexity index is 1320. The van der Waals surface area contributed by atoms with E-state index in [1.165, 1.54) is 18.5 Å². The fourth-order valence-corrected chi connectivity index (χ4v) is 3.57. The highest BCUT2D eigenvalue weighted by molar-refractivity contribution is 5.56. The fraction of sp³-hybridized carbons (Fsp3) is 0.261. The Kier molecular flexibility index (Phi) is 5.66. The largest absolute Gasteiger partial charge is 0.482 e. The summed E-state index contributed by atoms with van der Waals surface area (Å²) in [6.45, 7) is 0.251. The Hall–Kier alpha value is -3.92. The van der Waals surface area contributed by atoms with Crippen LogP contribution in [-0.2, 0) is 18.2 Å². The van der Waals surface area contributed by atoms with E-state index in [1.54, 1.807) is 21.8 Å². The van der Waals surface area contributed by atoms with Crippen molar-refractivity contribution in [3.8, 4) is 22.8 Å². The molecule has 5 rings (SSSR count). The Morgan fingerprint density at radius 1 is 1.18 bits per heavy atom. The van der Waals surface area contributed by atoms with Crippen LogP contribution in [0.2, 0.25) is 0 Å². The lowest BCUT2D eigenvalue weighted by atomic mass is 10.1. The molecule has 3 aromatic heterocycles. The van der Waals surface area contributed by atoms with Crippen LogP contribution in [0.15, 0.2) is 66.1 Å². The molecule has 4 aromatic rings. The average Bonchev–Trinajstić information content (AvgIpc) is 3.44. The molecule has 4 heterocycles. The quantitative estimate of drug-likeness (QED) is 0.446. The van der Waals surface area contributed by atoms with Crippen molar-refractivity contribution in [3.63, 3.8) is 0 Å².